The van der Waals surface area contributed by atoms with Crippen molar-refractivity contribution in [2.24, 2.45) is 5.92 Å². The highest BCUT2D eigenvalue weighted by molar-refractivity contribution is 5.73. The van der Waals surface area contributed by atoms with Gasteiger partial charge in [0.25, 0.3) is 0 Å². The van der Waals surface area contributed by atoms with Crippen molar-refractivity contribution >= 4 is 6.03 Å². The molecule has 0 aliphatic rings. The third-order valence-electron chi connectivity index (χ3n) is 2.49. The summed E-state index contributed by atoms with van der Waals surface area (Å²) in [6.07, 6.45) is 0.944. The zero-order valence-corrected chi connectivity index (χ0v) is 11.4. The number of hydrogen-bond donors (Lipinski definition) is 2. The van der Waals surface area contributed by atoms with Gasteiger partial charge in [-0.2, -0.15) is 0 Å². The van der Waals surface area contributed by atoms with Gasteiger partial charge in [0.1, 0.15) is 6.61 Å². The molecule has 0 bridgehead atoms. The molecule has 5 heteroatoms. The zero-order chi connectivity index (χ0) is 14.1. The van der Waals surface area contributed by atoms with Gasteiger partial charge in [0.15, 0.2) is 11.6 Å². The van der Waals surface area contributed by atoms with Crippen molar-refractivity contribution in [2.75, 3.05) is 19.7 Å². The van der Waals surface area contributed by atoms with Gasteiger partial charge >= 0.3 is 6.03 Å². The smallest absolute Gasteiger partial charge is 0.314 e. The van der Waals surface area contributed by atoms with Gasteiger partial charge in [-0.05, 0) is 24.5 Å². The maximum Gasteiger partial charge on any atom is 0.314 e. The lowest BCUT2D eigenvalue weighted by molar-refractivity contribution is 0.235. The maximum atomic E-state index is 13.2. The molecule has 1 aromatic carbocycles. The third kappa shape index (κ3) is 6.64. The van der Waals surface area contributed by atoms with E-state index in [1.165, 1.54) is 6.07 Å². The fraction of sp³-hybridized carbons (Fsp3) is 0.500. The predicted octanol–water partition coefficient (Wildman–Crippen LogP) is 2.55. The van der Waals surface area contributed by atoms with Crippen LogP contribution < -0.4 is 15.4 Å². The molecule has 0 saturated carbocycles. The number of para-hydroxylation sites is 1. The van der Waals surface area contributed by atoms with Crippen molar-refractivity contribution in [1.82, 2.24) is 10.6 Å². The van der Waals surface area contributed by atoms with Gasteiger partial charge in [0, 0.05) is 6.54 Å². The first-order valence-electron chi connectivity index (χ1n) is 6.48. The summed E-state index contributed by atoms with van der Waals surface area (Å²) in [4.78, 5) is 11.4. The topological polar surface area (TPSA) is 50.4 Å². The van der Waals surface area contributed by atoms with E-state index in [-0.39, 0.29) is 18.4 Å². The largest absolute Gasteiger partial charge is 0.489 e. The predicted molar refractivity (Wildman–Crippen MR) is 72.8 cm³/mol. The van der Waals surface area contributed by atoms with Gasteiger partial charge in [-0.1, -0.05) is 26.0 Å². The second-order valence-corrected chi connectivity index (χ2v) is 4.64. The summed E-state index contributed by atoms with van der Waals surface area (Å²) in [7, 11) is 0. The average molecular weight is 268 g/mol. The first kappa shape index (κ1) is 15.3. The van der Waals surface area contributed by atoms with E-state index in [2.05, 4.69) is 24.5 Å². The van der Waals surface area contributed by atoms with Crippen molar-refractivity contribution in [3.05, 3.63) is 30.1 Å². The number of nitrogens with one attached hydrogen (secondary N) is 2. The van der Waals surface area contributed by atoms with E-state index in [4.69, 9.17) is 4.74 Å². The molecule has 4 nitrogen and oxygen atoms in total. The normalized spacial score (nSPS) is 10.3. The minimum Gasteiger partial charge on any atom is -0.489 e. The second kappa shape index (κ2) is 8.34. The zero-order valence-electron chi connectivity index (χ0n) is 11.4. The van der Waals surface area contributed by atoms with Crippen LogP contribution in [0.2, 0.25) is 0 Å². The SMILES string of the molecule is CC(C)CCNC(=O)NCCOc1ccccc1F. The molecule has 1 rings (SSSR count). The standard InChI is InChI=1S/C14H21FN2O2/c1-11(2)7-8-16-14(18)17-9-10-19-13-6-4-3-5-12(13)15/h3-6,11H,7-10H2,1-2H3,(H2,16,17,18). The van der Waals surface area contributed by atoms with Crippen LogP contribution in [-0.4, -0.2) is 25.7 Å². The average Bonchev–Trinajstić information content (AvgIpc) is 2.36. The van der Waals surface area contributed by atoms with E-state index in [0.717, 1.165) is 6.42 Å². The monoisotopic (exact) mass is 268 g/mol. The Morgan fingerprint density at radius 2 is 1.95 bits per heavy atom. The lowest BCUT2D eigenvalue weighted by atomic mass is 10.1. The Kier molecular flexibility index (Phi) is 6.71. The molecular formula is C14H21FN2O2. The quantitative estimate of drug-likeness (QED) is 0.747. The fourth-order valence-electron chi connectivity index (χ4n) is 1.42. The van der Waals surface area contributed by atoms with Gasteiger partial charge < -0.3 is 15.4 Å². The molecule has 0 radical (unpaired) electrons. The Morgan fingerprint density at radius 3 is 2.63 bits per heavy atom. The molecule has 0 unspecified atom stereocenters. The summed E-state index contributed by atoms with van der Waals surface area (Å²) < 4.78 is 18.4. The minimum atomic E-state index is -0.399. The molecule has 19 heavy (non-hydrogen) atoms. The second-order valence-electron chi connectivity index (χ2n) is 4.64. The van der Waals surface area contributed by atoms with Crippen LogP contribution in [0.3, 0.4) is 0 Å². The Labute approximate surface area is 113 Å². The van der Waals surface area contributed by atoms with Crippen molar-refractivity contribution in [2.45, 2.75) is 20.3 Å². The van der Waals surface area contributed by atoms with E-state index >= 15 is 0 Å². The van der Waals surface area contributed by atoms with Crippen molar-refractivity contribution in [1.29, 1.82) is 0 Å². The van der Waals surface area contributed by atoms with Crippen LogP contribution in [0.15, 0.2) is 24.3 Å². The number of urea groups is 1. The van der Waals surface area contributed by atoms with E-state index < -0.39 is 5.82 Å². The molecule has 1 aromatic rings. The molecule has 106 valence electrons. The van der Waals surface area contributed by atoms with Crippen molar-refractivity contribution in [3.8, 4) is 5.75 Å². The maximum absolute atomic E-state index is 13.2. The lowest BCUT2D eigenvalue weighted by Crippen LogP contribution is -2.38. The van der Waals surface area contributed by atoms with E-state index in [1.807, 2.05) is 0 Å². The molecule has 0 spiro atoms. The number of carbonyl (C=O) groups excluding carboxylic acids is 1. The summed E-state index contributed by atoms with van der Waals surface area (Å²) in [5.41, 5.74) is 0. The summed E-state index contributed by atoms with van der Waals surface area (Å²) in [6, 6.07) is 5.96. The number of amides is 2. The van der Waals surface area contributed by atoms with Crippen molar-refractivity contribution < 1.29 is 13.9 Å². The van der Waals surface area contributed by atoms with Gasteiger partial charge in [-0.25, -0.2) is 9.18 Å². The Hall–Kier alpha value is -1.78. The number of carbonyl (C=O) groups is 1. The highest BCUT2D eigenvalue weighted by Gasteiger charge is 2.02. The van der Waals surface area contributed by atoms with Crippen LogP contribution in [0.25, 0.3) is 0 Å². The van der Waals surface area contributed by atoms with Crippen LogP contribution in [0, 0.1) is 11.7 Å². The molecule has 0 aromatic heterocycles. The molecule has 0 aliphatic heterocycles. The summed E-state index contributed by atoms with van der Waals surface area (Å²) in [5, 5.41) is 5.39. The Morgan fingerprint density at radius 1 is 1.26 bits per heavy atom. The summed E-state index contributed by atoms with van der Waals surface area (Å²) >= 11 is 0. The molecule has 0 fully saturated rings. The first-order valence-corrected chi connectivity index (χ1v) is 6.48. The number of hydrogen-bond acceptors (Lipinski definition) is 2. The molecule has 0 atom stereocenters. The number of rotatable bonds is 7. The van der Waals surface area contributed by atoms with Gasteiger partial charge in [0.05, 0.1) is 6.54 Å². The minimum absolute atomic E-state index is 0.199. The van der Waals surface area contributed by atoms with Crippen molar-refractivity contribution in [3.63, 3.8) is 0 Å². The van der Waals surface area contributed by atoms with Crippen LogP contribution >= 0.6 is 0 Å². The van der Waals surface area contributed by atoms with Crippen LogP contribution in [0.5, 0.6) is 5.75 Å². The Bertz CT molecular complexity index is 397. The third-order valence-corrected chi connectivity index (χ3v) is 2.49. The highest BCUT2D eigenvalue weighted by Crippen LogP contribution is 2.14. The van der Waals surface area contributed by atoms with E-state index in [9.17, 15) is 9.18 Å². The number of ether oxygens (including phenoxy) is 1. The molecule has 0 heterocycles. The van der Waals surface area contributed by atoms with E-state index in [0.29, 0.717) is 19.0 Å². The highest BCUT2D eigenvalue weighted by atomic mass is 19.1. The van der Waals surface area contributed by atoms with Gasteiger partial charge in [-0.15, -0.1) is 0 Å². The molecule has 0 aliphatic carbocycles. The summed E-state index contributed by atoms with van der Waals surface area (Å²) in [6.45, 7) is 5.42. The molecule has 2 N–H and O–H groups in total. The van der Waals surface area contributed by atoms with Crippen LogP contribution in [0.1, 0.15) is 20.3 Å². The molecule has 2 amide bonds. The Balaban J connectivity index is 2.10. The first-order chi connectivity index (χ1) is 9.09. The number of halogens is 1. The molecular weight excluding hydrogens is 247 g/mol. The molecule has 0 saturated heterocycles. The van der Waals surface area contributed by atoms with Crippen LogP contribution in [-0.2, 0) is 0 Å². The van der Waals surface area contributed by atoms with Gasteiger partial charge in [0.2, 0.25) is 0 Å². The lowest BCUT2D eigenvalue weighted by Gasteiger charge is -2.10. The van der Waals surface area contributed by atoms with Gasteiger partial charge in [-0.3, -0.25) is 0 Å². The summed E-state index contributed by atoms with van der Waals surface area (Å²) in [5.74, 6) is 0.359. The number of benzene rings is 1. The van der Waals surface area contributed by atoms with Crippen LogP contribution in [0.4, 0.5) is 9.18 Å². The fourth-order valence-corrected chi connectivity index (χ4v) is 1.42. The van der Waals surface area contributed by atoms with E-state index in [1.54, 1.807) is 18.2 Å².